The van der Waals surface area contributed by atoms with E-state index in [9.17, 15) is 14.9 Å². The molecule has 7 nitrogen and oxygen atoms in total. The van der Waals surface area contributed by atoms with Crippen molar-refractivity contribution in [3.8, 4) is 0 Å². The van der Waals surface area contributed by atoms with E-state index in [1.54, 1.807) is 19.1 Å². The molecule has 1 aromatic rings. The number of aryl methyl sites for hydroxylation is 1. The van der Waals surface area contributed by atoms with Gasteiger partial charge < -0.3 is 15.8 Å². The molecular formula is C16H23N3O4. The third kappa shape index (κ3) is 3.68. The van der Waals surface area contributed by atoms with E-state index in [4.69, 9.17) is 10.5 Å². The van der Waals surface area contributed by atoms with E-state index in [0.29, 0.717) is 37.2 Å². The van der Waals surface area contributed by atoms with E-state index < -0.39 is 10.3 Å². The summed E-state index contributed by atoms with van der Waals surface area (Å²) in [4.78, 5) is 23.3. The van der Waals surface area contributed by atoms with Gasteiger partial charge in [0.15, 0.2) is 0 Å². The maximum atomic E-state index is 12.6. The van der Waals surface area contributed by atoms with Crippen molar-refractivity contribution in [2.24, 2.45) is 11.1 Å². The van der Waals surface area contributed by atoms with E-state index in [1.165, 1.54) is 6.07 Å². The molecule has 1 unspecified atom stereocenters. The maximum absolute atomic E-state index is 12.6. The van der Waals surface area contributed by atoms with E-state index in [2.05, 4.69) is 5.32 Å². The third-order valence-electron chi connectivity index (χ3n) is 4.60. The van der Waals surface area contributed by atoms with E-state index in [1.807, 2.05) is 6.92 Å². The fraction of sp³-hybridized carbons (Fsp3) is 0.562. The monoisotopic (exact) mass is 321 g/mol. The Bertz CT molecular complexity index is 597. The van der Waals surface area contributed by atoms with Gasteiger partial charge in [-0.1, -0.05) is 12.1 Å². The summed E-state index contributed by atoms with van der Waals surface area (Å²) in [7, 11) is 0. The smallest absolute Gasteiger partial charge is 0.272 e. The summed E-state index contributed by atoms with van der Waals surface area (Å²) in [6.45, 7) is 4.82. The number of nitro benzene ring substituents is 1. The van der Waals surface area contributed by atoms with Gasteiger partial charge in [-0.15, -0.1) is 0 Å². The lowest BCUT2D eigenvalue weighted by atomic mass is 9.79. The van der Waals surface area contributed by atoms with E-state index >= 15 is 0 Å². The molecule has 3 N–H and O–H groups in total. The minimum absolute atomic E-state index is 0.0585. The first kappa shape index (κ1) is 17.4. The molecule has 1 heterocycles. The van der Waals surface area contributed by atoms with Crippen LogP contribution in [0.2, 0.25) is 0 Å². The highest BCUT2D eigenvalue weighted by Crippen LogP contribution is 2.31. The SMILES string of the molecule is Cc1ccc(C(C)NC(=O)C2(CN)CCOCC2)cc1[N+](=O)[O-]. The highest BCUT2D eigenvalue weighted by atomic mass is 16.6. The molecule has 1 saturated heterocycles. The van der Waals surface area contributed by atoms with Crippen LogP contribution in [0.3, 0.4) is 0 Å². The van der Waals surface area contributed by atoms with E-state index in [0.717, 1.165) is 0 Å². The maximum Gasteiger partial charge on any atom is 0.272 e. The van der Waals surface area contributed by atoms with Crippen LogP contribution < -0.4 is 11.1 Å². The van der Waals surface area contributed by atoms with Gasteiger partial charge in [0, 0.05) is 31.4 Å². The predicted octanol–water partition coefficient (Wildman–Crippen LogP) is 1.84. The van der Waals surface area contributed by atoms with Crippen molar-refractivity contribution < 1.29 is 14.5 Å². The minimum atomic E-state index is -0.608. The van der Waals surface area contributed by atoms with Crippen molar-refractivity contribution in [2.45, 2.75) is 32.7 Å². The topological polar surface area (TPSA) is 107 Å². The van der Waals surface area contributed by atoms with Crippen molar-refractivity contribution in [3.63, 3.8) is 0 Å². The van der Waals surface area contributed by atoms with Crippen LogP contribution in [0.1, 0.15) is 36.9 Å². The Morgan fingerprint density at radius 1 is 1.48 bits per heavy atom. The average molecular weight is 321 g/mol. The van der Waals surface area contributed by atoms with Crippen LogP contribution in [-0.4, -0.2) is 30.6 Å². The van der Waals surface area contributed by atoms with Crippen LogP contribution in [0.15, 0.2) is 18.2 Å². The van der Waals surface area contributed by atoms with Gasteiger partial charge in [-0.05, 0) is 32.3 Å². The highest BCUT2D eigenvalue weighted by molar-refractivity contribution is 5.83. The van der Waals surface area contributed by atoms with Crippen molar-refractivity contribution in [3.05, 3.63) is 39.4 Å². The quantitative estimate of drug-likeness (QED) is 0.635. The Kier molecular flexibility index (Phi) is 5.33. The average Bonchev–Trinajstić information content (AvgIpc) is 2.55. The van der Waals surface area contributed by atoms with Crippen LogP contribution in [0.4, 0.5) is 5.69 Å². The molecule has 1 aromatic carbocycles. The predicted molar refractivity (Wildman–Crippen MR) is 85.9 cm³/mol. The second kappa shape index (κ2) is 7.06. The lowest BCUT2D eigenvalue weighted by Crippen LogP contribution is -2.49. The molecule has 1 aliphatic rings. The Balaban J connectivity index is 2.15. The summed E-state index contributed by atoms with van der Waals surface area (Å²) >= 11 is 0. The first-order valence-electron chi connectivity index (χ1n) is 7.73. The molecule has 0 aromatic heterocycles. The number of ether oxygens (including phenoxy) is 1. The molecule has 1 amide bonds. The van der Waals surface area contributed by atoms with Gasteiger partial charge in [0.05, 0.1) is 16.4 Å². The minimum Gasteiger partial charge on any atom is -0.381 e. The molecule has 1 aliphatic heterocycles. The first-order chi connectivity index (χ1) is 10.9. The van der Waals surface area contributed by atoms with Crippen molar-refractivity contribution in [1.82, 2.24) is 5.32 Å². The number of hydrogen-bond donors (Lipinski definition) is 2. The molecule has 0 bridgehead atoms. The number of nitrogens with zero attached hydrogens (tertiary/aromatic N) is 1. The molecule has 0 aliphatic carbocycles. The third-order valence-corrected chi connectivity index (χ3v) is 4.60. The number of amides is 1. The molecular weight excluding hydrogens is 298 g/mol. The molecule has 0 radical (unpaired) electrons. The van der Waals surface area contributed by atoms with E-state index in [-0.39, 0.29) is 24.2 Å². The second-order valence-corrected chi connectivity index (χ2v) is 6.10. The molecule has 7 heteroatoms. The Hall–Kier alpha value is -1.99. The normalized spacial score (nSPS) is 18.2. The highest BCUT2D eigenvalue weighted by Gasteiger charge is 2.39. The van der Waals surface area contributed by atoms with Gasteiger partial charge in [-0.3, -0.25) is 14.9 Å². The molecule has 1 atom stereocenters. The lowest BCUT2D eigenvalue weighted by Gasteiger charge is -2.35. The summed E-state index contributed by atoms with van der Waals surface area (Å²) in [6, 6.07) is 4.68. The number of hydrogen-bond acceptors (Lipinski definition) is 5. The zero-order valence-electron chi connectivity index (χ0n) is 13.5. The summed E-state index contributed by atoms with van der Waals surface area (Å²) in [5.74, 6) is -0.112. The molecule has 0 spiro atoms. The van der Waals surface area contributed by atoms with Crippen molar-refractivity contribution in [1.29, 1.82) is 0 Å². The van der Waals surface area contributed by atoms with Crippen LogP contribution in [0.25, 0.3) is 0 Å². The van der Waals surface area contributed by atoms with Gasteiger partial charge in [0.2, 0.25) is 5.91 Å². The van der Waals surface area contributed by atoms with Gasteiger partial charge in [0.25, 0.3) is 5.69 Å². The zero-order chi connectivity index (χ0) is 17.0. The fourth-order valence-corrected chi connectivity index (χ4v) is 2.81. The standard InChI is InChI=1S/C16H23N3O4/c1-11-3-4-13(9-14(11)19(21)22)12(2)18-15(20)16(10-17)5-7-23-8-6-16/h3-4,9,12H,5-8,10,17H2,1-2H3,(H,18,20). The Morgan fingerprint density at radius 3 is 2.70 bits per heavy atom. The van der Waals surface area contributed by atoms with Crippen LogP contribution in [-0.2, 0) is 9.53 Å². The first-order valence-corrected chi connectivity index (χ1v) is 7.73. The molecule has 126 valence electrons. The number of nitrogens with two attached hydrogens (primary N) is 1. The van der Waals surface area contributed by atoms with Crippen molar-refractivity contribution in [2.75, 3.05) is 19.8 Å². The second-order valence-electron chi connectivity index (χ2n) is 6.10. The fourth-order valence-electron chi connectivity index (χ4n) is 2.81. The lowest BCUT2D eigenvalue weighted by molar-refractivity contribution is -0.385. The summed E-state index contributed by atoms with van der Waals surface area (Å²) < 4.78 is 5.31. The van der Waals surface area contributed by atoms with Gasteiger partial charge in [-0.2, -0.15) is 0 Å². The molecule has 1 fully saturated rings. The number of rotatable bonds is 5. The van der Waals surface area contributed by atoms with Gasteiger partial charge in [0.1, 0.15) is 0 Å². The molecule has 23 heavy (non-hydrogen) atoms. The summed E-state index contributed by atoms with van der Waals surface area (Å²) in [6.07, 6.45) is 1.19. The van der Waals surface area contributed by atoms with Crippen LogP contribution in [0.5, 0.6) is 0 Å². The molecule has 2 rings (SSSR count). The largest absolute Gasteiger partial charge is 0.381 e. The van der Waals surface area contributed by atoms with Gasteiger partial charge >= 0.3 is 0 Å². The number of carbonyl (C=O) groups is 1. The van der Waals surface area contributed by atoms with Gasteiger partial charge in [-0.25, -0.2) is 0 Å². The number of nitrogens with one attached hydrogen (secondary N) is 1. The van der Waals surface area contributed by atoms with Crippen LogP contribution >= 0.6 is 0 Å². The number of benzene rings is 1. The van der Waals surface area contributed by atoms with Crippen molar-refractivity contribution >= 4 is 11.6 Å². The summed E-state index contributed by atoms with van der Waals surface area (Å²) in [5, 5.41) is 14.0. The van der Waals surface area contributed by atoms with Crippen LogP contribution in [0, 0.1) is 22.5 Å². The number of nitro groups is 1. The molecule has 0 saturated carbocycles. The number of carbonyl (C=O) groups excluding carboxylic acids is 1. The Morgan fingerprint density at radius 2 is 2.13 bits per heavy atom. The summed E-state index contributed by atoms with van der Waals surface area (Å²) in [5.41, 5.74) is 6.58. The zero-order valence-corrected chi connectivity index (χ0v) is 13.5. The Labute approximate surface area is 135 Å².